The molecule has 2 aliphatic rings. The summed E-state index contributed by atoms with van der Waals surface area (Å²) >= 11 is 0. The average Bonchev–Trinajstić information content (AvgIpc) is 4.31. The number of fused-ring (bicyclic) bond motifs is 2. The number of anilines is 8. The predicted molar refractivity (Wildman–Crippen MR) is 326 cm³/mol. The van der Waals surface area contributed by atoms with Crippen LogP contribution in [0.15, 0.2) is 158 Å². The van der Waals surface area contributed by atoms with Gasteiger partial charge in [0, 0.05) is 98.4 Å². The first-order valence-corrected chi connectivity index (χ1v) is 28.0. The normalized spacial score (nSPS) is 14.5. The van der Waals surface area contributed by atoms with Gasteiger partial charge in [0.25, 0.3) is 11.8 Å². The maximum atomic E-state index is 13.2. The van der Waals surface area contributed by atoms with Crippen LogP contribution in [0.5, 0.6) is 0 Å². The van der Waals surface area contributed by atoms with Crippen molar-refractivity contribution in [2.75, 3.05) is 98.6 Å². The third kappa shape index (κ3) is 14.1. The molecule has 2 saturated heterocycles. The van der Waals surface area contributed by atoms with E-state index in [2.05, 4.69) is 86.0 Å². The zero-order chi connectivity index (χ0) is 61.7. The van der Waals surface area contributed by atoms with Crippen LogP contribution in [0, 0.1) is 13.8 Å². The fraction of sp³-hybridized carbons (Fsp3) is 0.226. The summed E-state index contributed by atoms with van der Waals surface area (Å²) in [5.41, 5.74) is 11.8. The number of aromatic nitrogens is 8. The molecule has 10 aromatic rings. The van der Waals surface area contributed by atoms with E-state index in [1.54, 1.807) is 36.4 Å². The largest absolute Gasteiger partial charge is 0.416 e. The van der Waals surface area contributed by atoms with Crippen molar-refractivity contribution >= 4 is 80.2 Å². The molecule has 6 aromatic carbocycles. The molecular formula is C62H60F6N18O2. The summed E-state index contributed by atoms with van der Waals surface area (Å²) in [6, 6.07) is 38.1. The minimum Gasteiger partial charge on any atom is -0.325 e. The van der Waals surface area contributed by atoms with Gasteiger partial charge >= 0.3 is 12.4 Å². The number of piperazine rings is 2. The van der Waals surface area contributed by atoms with Gasteiger partial charge in [-0.1, -0.05) is 48.5 Å². The summed E-state index contributed by atoms with van der Waals surface area (Å²) in [6.07, 6.45) is -6.09. The predicted octanol–water partition coefficient (Wildman–Crippen LogP) is 11.4. The van der Waals surface area contributed by atoms with Gasteiger partial charge in [-0.3, -0.25) is 18.7 Å². The number of aryl methyl sites for hydroxylation is 2. The lowest BCUT2D eigenvalue weighted by Gasteiger charge is -2.32. The van der Waals surface area contributed by atoms with Crippen LogP contribution in [0.2, 0.25) is 0 Å². The number of rotatable bonds is 14. The zero-order valence-corrected chi connectivity index (χ0v) is 48.1. The number of halogens is 6. The highest BCUT2D eigenvalue weighted by atomic mass is 19.4. The summed E-state index contributed by atoms with van der Waals surface area (Å²) in [4.78, 5) is 57.8. The first-order valence-electron chi connectivity index (χ1n) is 28.0. The van der Waals surface area contributed by atoms with Gasteiger partial charge in [0.05, 0.1) is 33.2 Å². The smallest absolute Gasteiger partial charge is 0.325 e. The number of hydrogen-bond acceptors (Lipinski definition) is 16. The molecule has 0 atom stereocenters. The van der Waals surface area contributed by atoms with E-state index in [0.717, 1.165) is 110 Å². The lowest BCUT2D eigenvalue weighted by molar-refractivity contribution is -0.138. The molecule has 452 valence electrons. The van der Waals surface area contributed by atoms with E-state index in [-0.39, 0.29) is 11.1 Å². The molecule has 4 aromatic heterocycles. The monoisotopic (exact) mass is 1200 g/mol. The molecule has 0 unspecified atom stereocenters. The van der Waals surface area contributed by atoms with Crippen molar-refractivity contribution in [1.29, 1.82) is 0 Å². The van der Waals surface area contributed by atoms with E-state index in [0.29, 0.717) is 57.9 Å². The molecule has 0 saturated carbocycles. The van der Waals surface area contributed by atoms with Crippen molar-refractivity contribution in [1.82, 2.24) is 58.9 Å². The maximum absolute atomic E-state index is 13.2. The number of alkyl halides is 6. The molecule has 0 bridgehead atoms. The van der Waals surface area contributed by atoms with Crippen LogP contribution in [-0.4, -0.2) is 137 Å². The third-order valence-electron chi connectivity index (χ3n) is 14.8. The van der Waals surface area contributed by atoms with Crippen molar-refractivity contribution in [3.8, 4) is 11.6 Å². The zero-order valence-electron chi connectivity index (χ0n) is 48.1. The lowest BCUT2D eigenvalue weighted by Crippen LogP contribution is -2.47. The Balaban J connectivity index is 0.000000182. The molecule has 12 rings (SSSR count). The number of para-hydroxylation sites is 4. The Kier molecular flexibility index (Phi) is 17.3. The number of benzene rings is 6. The number of carbonyl (C=O) groups excluding carboxylic acids is 2. The highest BCUT2D eigenvalue weighted by molar-refractivity contribution is 6.05. The van der Waals surface area contributed by atoms with E-state index in [4.69, 9.17) is 9.97 Å². The Morgan fingerprint density at radius 2 is 0.852 bits per heavy atom. The topological polar surface area (TPSA) is 206 Å². The molecule has 88 heavy (non-hydrogen) atoms. The second-order valence-corrected chi connectivity index (χ2v) is 21.2. The van der Waals surface area contributed by atoms with E-state index in [9.17, 15) is 35.9 Å². The Bertz CT molecular complexity index is 3890. The molecule has 6 N–H and O–H groups in total. The first-order chi connectivity index (χ1) is 42.3. The fourth-order valence-electron chi connectivity index (χ4n) is 9.89. The quantitative estimate of drug-likeness (QED) is 0.0560. The van der Waals surface area contributed by atoms with Gasteiger partial charge < -0.3 is 41.9 Å². The van der Waals surface area contributed by atoms with Gasteiger partial charge in [0.2, 0.25) is 11.9 Å². The van der Waals surface area contributed by atoms with Crippen LogP contribution in [0.4, 0.5) is 72.6 Å². The number of nitrogens with zero attached hydrogens (tertiary/aromatic N) is 12. The minimum atomic E-state index is -4.55. The molecule has 2 fully saturated rings. The minimum absolute atomic E-state index is 0.0959. The average molecular weight is 1200 g/mol. The van der Waals surface area contributed by atoms with Crippen LogP contribution < -0.4 is 32.1 Å². The Hall–Kier alpha value is -10.0. The summed E-state index contributed by atoms with van der Waals surface area (Å²) in [5.74, 6) is 2.16. The Morgan fingerprint density at radius 1 is 0.455 bits per heavy atom. The molecule has 2 aliphatic heterocycles. The molecule has 0 spiro atoms. The molecule has 20 nitrogen and oxygen atoms in total. The number of hydrazine groups is 2. The highest BCUT2D eigenvalue weighted by Gasteiger charge is 2.32. The van der Waals surface area contributed by atoms with Crippen LogP contribution in [0.25, 0.3) is 33.7 Å². The van der Waals surface area contributed by atoms with Crippen molar-refractivity contribution in [2.45, 2.75) is 26.2 Å². The van der Waals surface area contributed by atoms with Gasteiger partial charge in [-0.15, -0.1) is 0 Å². The number of carbonyl (C=O) groups is 2. The van der Waals surface area contributed by atoms with Crippen LogP contribution in [0.1, 0.15) is 43.0 Å². The van der Waals surface area contributed by atoms with Gasteiger partial charge in [0.1, 0.15) is 35.9 Å². The highest BCUT2D eigenvalue weighted by Crippen LogP contribution is 2.34. The SMILES string of the molecule is Cc1ccc(NC(=O)c2cccc(C(F)(F)F)c2)cc1Nc1nc2ccccc2n1-c1cc(NN2CCN(C)CC2)ncn1.Cc1ccc(NC(=O)c2cccc(C(F)(F)F)c2)cc1Nc1nc2ccccc2n1-c1cc(NN2CCN(C)CC2)ncn1. The van der Waals surface area contributed by atoms with Gasteiger partial charge in [-0.05, 0) is 124 Å². The molecule has 0 radical (unpaired) electrons. The number of likely N-dealkylation sites (N-methyl/N-ethyl adjacent to an activating group) is 2. The molecule has 2 amide bonds. The van der Waals surface area contributed by atoms with Crippen LogP contribution >= 0.6 is 0 Å². The standard InChI is InChI=1S/2C31H30F3N9O/c2*1-20-10-11-23(37-29(44)21-6-5-7-22(16-21)31(32,33)34)17-25(20)39-30-38-24-8-3-4-9-26(24)43(30)28-18-27(35-19-36-28)40-42-14-12-41(2)13-15-42/h2*3-11,16-19H,12-15H2,1-2H3,(H,37,44)(H,38,39)(H,35,36,40). The molecule has 6 heterocycles. The summed E-state index contributed by atoms with van der Waals surface area (Å²) < 4.78 is 82.8. The van der Waals surface area contributed by atoms with E-state index < -0.39 is 35.3 Å². The van der Waals surface area contributed by atoms with Crippen LogP contribution in [-0.2, 0) is 12.4 Å². The number of imidazole rings is 2. The van der Waals surface area contributed by atoms with Gasteiger partial charge in [0.15, 0.2) is 0 Å². The molecule has 0 aliphatic carbocycles. The first kappa shape index (κ1) is 59.7. The molecule has 26 heteroatoms. The number of hydrogen-bond donors (Lipinski definition) is 6. The van der Waals surface area contributed by atoms with Crippen molar-refractivity contribution in [3.05, 3.63) is 192 Å². The Morgan fingerprint density at radius 3 is 1.25 bits per heavy atom. The second kappa shape index (κ2) is 25.5. The number of nitrogens with one attached hydrogen (secondary N) is 6. The van der Waals surface area contributed by atoms with Crippen molar-refractivity contribution in [3.63, 3.8) is 0 Å². The number of amides is 2. The van der Waals surface area contributed by atoms with Gasteiger partial charge in [-0.2, -0.15) is 26.3 Å². The third-order valence-corrected chi connectivity index (χ3v) is 14.8. The maximum Gasteiger partial charge on any atom is 0.416 e. The summed E-state index contributed by atoms with van der Waals surface area (Å²) in [7, 11) is 4.20. The summed E-state index contributed by atoms with van der Waals surface area (Å²) in [5, 5.41) is 16.4. The summed E-state index contributed by atoms with van der Waals surface area (Å²) in [6.45, 7) is 11.0. The Labute approximate surface area is 501 Å². The van der Waals surface area contributed by atoms with Crippen molar-refractivity contribution < 1.29 is 35.9 Å². The fourth-order valence-corrected chi connectivity index (χ4v) is 9.89. The van der Waals surface area contributed by atoms with Crippen LogP contribution in [0.3, 0.4) is 0 Å². The lowest BCUT2D eigenvalue weighted by atomic mass is 10.1. The van der Waals surface area contributed by atoms with E-state index in [1.807, 2.05) is 83.6 Å². The van der Waals surface area contributed by atoms with Gasteiger partial charge in [-0.25, -0.2) is 39.9 Å². The van der Waals surface area contributed by atoms with E-state index >= 15 is 0 Å². The second-order valence-electron chi connectivity index (χ2n) is 21.2. The molecular weight excluding hydrogens is 1140 g/mol. The van der Waals surface area contributed by atoms with Crippen molar-refractivity contribution in [2.24, 2.45) is 0 Å². The van der Waals surface area contributed by atoms with E-state index in [1.165, 1.54) is 36.9 Å².